The zero-order valence-corrected chi connectivity index (χ0v) is 13.9. The van der Waals surface area contributed by atoms with Gasteiger partial charge in [-0.25, -0.2) is 4.68 Å². The Morgan fingerprint density at radius 2 is 1.59 bits per heavy atom. The molecule has 1 heterocycles. The molecule has 3 rings (SSSR count). The lowest BCUT2D eigenvalue weighted by atomic mass is 10.1. The van der Waals surface area contributed by atoms with E-state index in [2.05, 4.69) is 10.4 Å². The smallest absolute Gasteiger partial charge is 0.326 e. The summed E-state index contributed by atoms with van der Waals surface area (Å²) in [5.74, 6) is -0.267. The lowest BCUT2D eigenvalue weighted by molar-refractivity contribution is -0.143. The molecule has 0 bridgehead atoms. The van der Waals surface area contributed by atoms with Gasteiger partial charge in [0.2, 0.25) is 5.91 Å². The van der Waals surface area contributed by atoms with Crippen LogP contribution < -0.4 is 5.32 Å². The number of carbonyl (C=O) groups is 1. The predicted octanol–water partition coefficient (Wildman–Crippen LogP) is 5.04. The van der Waals surface area contributed by atoms with E-state index in [1.807, 2.05) is 0 Å². The fourth-order valence-electron chi connectivity index (χ4n) is 3.04. The Kier molecular flexibility index (Phi) is 4.92. The molecule has 1 N–H and O–H groups in total. The Morgan fingerprint density at radius 3 is 2.11 bits per heavy atom. The molecule has 1 aromatic carbocycles. The maximum absolute atomic E-state index is 13.1. The number of benzene rings is 1. The predicted molar refractivity (Wildman–Crippen MR) is 84.2 cm³/mol. The van der Waals surface area contributed by atoms with Gasteiger partial charge in [0.25, 0.3) is 0 Å². The van der Waals surface area contributed by atoms with E-state index in [4.69, 9.17) is 0 Å². The maximum atomic E-state index is 13.1. The highest BCUT2D eigenvalue weighted by Crippen LogP contribution is 2.36. The van der Waals surface area contributed by atoms with Gasteiger partial charge >= 0.3 is 12.4 Å². The molecule has 0 unspecified atom stereocenters. The van der Waals surface area contributed by atoms with Gasteiger partial charge in [-0.3, -0.25) is 4.79 Å². The van der Waals surface area contributed by atoms with E-state index < -0.39 is 23.7 Å². The highest BCUT2D eigenvalue weighted by molar-refractivity contribution is 5.92. The maximum Gasteiger partial charge on any atom is 0.435 e. The highest BCUT2D eigenvalue weighted by Gasteiger charge is 2.42. The molecule has 0 radical (unpaired) electrons. The third-order valence-electron chi connectivity index (χ3n) is 4.40. The van der Waals surface area contributed by atoms with Crippen molar-refractivity contribution in [3.8, 4) is 5.69 Å². The van der Waals surface area contributed by atoms with Crippen molar-refractivity contribution in [2.75, 3.05) is 5.32 Å². The Balaban J connectivity index is 1.86. The number of hydrogen-bond donors (Lipinski definition) is 1. The van der Waals surface area contributed by atoms with Crippen LogP contribution in [-0.2, 0) is 17.1 Å². The number of alkyl halides is 6. The number of carbonyl (C=O) groups excluding carboxylic acids is 1. The molecule has 0 aliphatic heterocycles. The minimum Gasteiger partial charge on any atom is -0.326 e. The third-order valence-corrected chi connectivity index (χ3v) is 4.40. The second-order valence-electron chi connectivity index (χ2n) is 6.34. The van der Waals surface area contributed by atoms with Gasteiger partial charge in [-0.05, 0) is 37.1 Å². The fourth-order valence-corrected chi connectivity index (χ4v) is 3.04. The van der Waals surface area contributed by atoms with Gasteiger partial charge in [-0.2, -0.15) is 31.4 Å². The van der Waals surface area contributed by atoms with E-state index >= 15 is 0 Å². The van der Waals surface area contributed by atoms with Gasteiger partial charge in [0.05, 0.1) is 5.69 Å². The third kappa shape index (κ3) is 4.25. The Morgan fingerprint density at radius 1 is 1.00 bits per heavy atom. The van der Waals surface area contributed by atoms with Crippen molar-refractivity contribution >= 4 is 11.6 Å². The first-order chi connectivity index (χ1) is 12.6. The molecular formula is C17H15F6N3O. The number of aromatic nitrogens is 2. The van der Waals surface area contributed by atoms with E-state index in [-0.39, 0.29) is 28.3 Å². The van der Waals surface area contributed by atoms with Crippen LogP contribution in [0, 0.1) is 5.92 Å². The first kappa shape index (κ1) is 19.2. The van der Waals surface area contributed by atoms with Gasteiger partial charge in [0, 0.05) is 17.7 Å². The first-order valence-corrected chi connectivity index (χ1v) is 8.21. The summed E-state index contributed by atoms with van der Waals surface area (Å²) in [4.78, 5) is 12.1. The number of halogens is 6. The Hall–Kier alpha value is -2.52. The molecule has 1 aliphatic rings. The van der Waals surface area contributed by atoms with Crippen LogP contribution in [0.5, 0.6) is 0 Å². The topological polar surface area (TPSA) is 46.9 Å². The van der Waals surface area contributed by atoms with E-state index in [1.165, 1.54) is 24.3 Å². The fraction of sp³-hybridized carbons (Fsp3) is 0.412. The molecule has 0 spiro atoms. The lowest BCUT2D eigenvalue weighted by Gasteiger charge is -2.12. The SMILES string of the molecule is O=C(Nc1ccc(-n2nc(C(F)(F)F)cc2C(F)(F)F)cc1)C1CCCC1. The molecule has 0 atom stereocenters. The summed E-state index contributed by atoms with van der Waals surface area (Å²) in [6, 6.07) is 4.98. The Labute approximate surface area is 150 Å². The van der Waals surface area contributed by atoms with Crippen LogP contribution in [0.3, 0.4) is 0 Å². The van der Waals surface area contributed by atoms with Gasteiger partial charge < -0.3 is 5.32 Å². The second-order valence-corrected chi connectivity index (χ2v) is 6.34. The van der Waals surface area contributed by atoms with Crippen molar-refractivity contribution in [2.24, 2.45) is 5.92 Å². The summed E-state index contributed by atoms with van der Waals surface area (Å²) in [5, 5.41) is 5.72. The molecule has 1 fully saturated rings. The Bertz CT molecular complexity index is 817. The summed E-state index contributed by atoms with van der Waals surface area (Å²) >= 11 is 0. The lowest BCUT2D eigenvalue weighted by Crippen LogP contribution is -2.20. The van der Waals surface area contributed by atoms with Crippen molar-refractivity contribution < 1.29 is 31.1 Å². The van der Waals surface area contributed by atoms with E-state index in [0.29, 0.717) is 5.69 Å². The average Bonchev–Trinajstić information content (AvgIpc) is 3.24. The van der Waals surface area contributed by atoms with Crippen LogP contribution in [0.4, 0.5) is 32.0 Å². The zero-order chi connectivity index (χ0) is 19.8. The number of nitrogens with zero attached hydrogens (tertiary/aromatic N) is 2. The molecule has 2 aromatic rings. The molecular weight excluding hydrogens is 376 g/mol. The van der Waals surface area contributed by atoms with Crippen molar-refractivity contribution in [1.29, 1.82) is 0 Å². The minimum absolute atomic E-state index is 0.0320. The molecule has 146 valence electrons. The number of rotatable bonds is 3. The first-order valence-electron chi connectivity index (χ1n) is 8.21. The van der Waals surface area contributed by atoms with E-state index in [9.17, 15) is 31.1 Å². The molecule has 27 heavy (non-hydrogen) atoms. The van der Waals surface area contributed by atoms with Gasteiger partial charge in [0.15, 0.2) is 5.69 Å². The molecule has 10 heteroatoms. The zero-order valence-electron chi connectivity index (χ0n) is 13.9. The minimum atomic E-state index is -5.01. The summed E-state index contributed by atoms with van der Waals surface area (Å²) in [5.41, 5.74) is -3.00. The van der Waals surface area contributed by atoms with E-state index in [0.717, 1.165) is 25.7 Å². The van der Waals surface area contributed by atoms with Gasteiger partial charge in [-0.15, -0.1) is 0 Å². The number of nitrogens with one attached hydrogen (secondary N) is 1. The quantitative estimate of drug-likeness (QED) is 0.746. The highest BCUT2D eigenvalue weighted by atomic mass is 19.4. The largest absolute Gasteiger partial charge is 0.435 e. The van der Waals surface area contributed by atoms with Crippen LogP contribution in [0.2, 0.25) is 0 Å². The number of hydrogen-bond acceptors (Lipinski definition) is 2. The van der Waals surface area contributed by atoms with E-state index in [1.54, 1.807) is 0 Å². The molecule has 0 saturated heterocycles. The van der Waals surface area contributed by atoms with Crippen LogP contribution in [0.15, 0.2) is 30.3 Å². The van der Waals surface area contributed by atoms with Crippen LogP contribution >= 0.6 is 0 Å². The number of anilines is 1. The second kappa shape index (κ2) is 6.90. The summed E-state index contributed by atoms with van der Waals surface area (Å²) < 4.78 is 77.7. The van der Waals surface area contributed by atoms with Crippen LogP contribution in [0.1, 0.15) is 37.1 Å². The van der Waals surface area contributed by atoms with Crippen molar-refractivity contribution in [3.05, 3.63) is 41.7 Å². The van der Waals surface area contributed by atoms with Gasteiger partial charge in [0.1, 0.15) is 5.69 Å². The van der Waals surface area contributed by atoms with Crippen molar-refractivity contribution in [1.82, 2.24) is 9.78 Å². The average molecular weight is 391 g/mol. The van der Waals surface area contributed by atoms with Crippen LogP contribution in [0.25, 0.3) is 5.69 Å². The van der Waals surface area contributed by atoms with Crippen molar-refractivity contribution in [3.63, 3.8) is 0 Å². The molecule has 1 amide bonds. The van der Waals surface area contributed by atoms with Crippen LogP contribution in [-0.4, -0.2) is 15.7 Å². The van der Waals surface area contributed by atoms with Crippen molar-refractivity contribution in [2.45, 2.75) is 38.0 Å². The number of amides is 1. The summed E-state index contributed by atoms with van der Waals surface area (Å²) in [7, 11) is 0. The molecule has 1 aromatic heterocycles. The summed E-state index contributed by atoms with van der Waals surface area (Å²) in [6.07, 6.45) is -6.50. The molecule has 4 nitrogen and oxygen atoms in total. The molecule has 1 saturated carbocycles. The standard InChI is InChI=1S/C17H15F6N3O/c18-16(19,20)13-9-14(17(21,22)23)26(25-13)12-7-5-11(6-8-12)24-15(27)10-3-1-2-4-10/h5-10H,1-4H2,(H,24,27). The monoisotopic (exact) mass is 391 g/mol. The van der Waals surface area contributed by atoms with Gasteiger partial charge in [-0.1, -0.05) is 12.8 Å². The normalized spacial score (nSPS) is 15.9. The summed E-state index contributed by atoms with van der Waals surface area (Å²) in [6.45, 7) is 0. The molecule has 1 aliphatic carbocycles.